The highest BCUT2D eigenvalue weighted by Crippen LogP contribution is 2.44. The molecule has 1 aliphatic rings. The number of carbonyl (C=O) groups excluding carboxylic acids is 1. The summed E-state index contributed by atoms with van der Waals surface area (Å²) in [5.74, 6) is 1.36. The first-order valence-electron chi connectivity index (χ1n) is 11.8. The Morgan fingerprint density at radius 3 is 2.68 bits per heavy atom. The molecule has 0 bridgehead atoms. The van der Waals surface area contributed by atoms with E-state index in [4.69, 9.17) is 21.4 Å². The molecule has 4 aromatic rings. The Balaban J connectivity index is 1.57. The van der Waals surface area contributed by atoms with Gasteiger partial charge in [0.2, 0.25) is 5.91 Å². The zero-order chi connectivity index (χ0) is 25.9. The number of amides is 1. The summed E-state index contributed by atoms with van der Waals surface area (Å²) in [5, 5.41) is 6.74. The number of methoxy groups -OCH3 is 1. The van der Waals surface area contributed by atoms with E-state index >= 15 is 0 Å². The maximum atomic E-state index is 13.5. The lowest BCUT2D eigenvalue weighted by molar-refractivity contribution is -0.115. The third-order valence-electron chi connectivity index (χ3n) is 6.20. The maximum Gasteiger partial charge on any atom is 0.224 e. The van der Waals surface area contributed by atoms with Gasteiger partial charge in [0.15, 0.2) is 5.11 Å². The number of nitrogens with zero attached hydrogens (tertiary/aromatic N) is 2. The molecule has 2 N–H and O–H groups in total. The molecule has 0 saturated carbocycles. The molecule has 1 aliphatic heterocycles. The number of rotatable bonds is 7. The van der Waals surface area contributed by atoms with Crippen LogP contribution in [0.5, 0.6) is 5.75 Å². The first-order chi connectivity index (χ1) is 18.0. The number of halogens is 1. The largest absolute Gasteiger partial charge is 0.494 e. The van der Waals surface area contributed by atoms with E-state index in [1.807, 2.05) is 47.4 Å². The van der Waals surface area contributed by atoms with Gasteiger partial charge in [-0.3, -0.25) is 9.78 Å². The number of thiocarbonyl (C=S) groups is 1. The highest BCUT2D eigenvalue weighted by Gasteiger charge is 2.42. The first-order valence-corrected chi connectivity index (χ1v) is 12.2. The lowest BCUT2D eigenvalue weighted by Gasteiger charge is -2.27. The molecule has 0 radical (unpaired) electrons. The number of pyridine rings is 1. The van der Waals surface area contributed by atoms with Gasteiger partial charge in [-0.2, -0.15) is 0 Å². The van der Waals surface area contributed by atoms with Crippen molar-refractivity contribution in [3.05, 3.63) is 96.3 Å². The second-order valence-electron chi connectivity index (χ2n) is 8.49. The van der Waals surface area contributed by atoms with Gasteiger partial charge in [-0.1, -0.05) is 13.0 Å². The van der Waals surface area contributed by atoms with Crippen molar-refractivity contribution in [1.29, 1.82) is 0 Å². The Kier molecular flexibility index (Phi) is 6.87. The molecule has 37 heavy (non-hydrogen) atoms. The van der Waals surface area contributed by atoms with E-state index in [2.05, 4.69) is 15.6 Å². The summed E-state index contributed by atoms with van der Waals surface area (Å²) in [6.45, 7) is 1.79. The quantitative estimate of drug-likeness (QED) is 0.291. The fourth-order valence-corrected chi connectivity index (χ4v) is 4.72. The average molecular weight is 517 g/mol. The number of furan rings is 1. The molecule has 7 nitrogen and oxygen atoms in total. The lowest BCUT2D eigenvalue weighted by Crippen LogP contribution is -2.29. The van der Waals surface area contributed by atoms with Crippen LogP contribution in [0.4, 0.5) is 15.8 Å². The topological polar surface area (TPSA) is 79.6 Å². The van der Waals surface area contributed by atoms with Crippen molar-refractivity contribution >= 4 is 34.6 Å². The SMILES string of the molecule is CCC(=O)Nc1ccc(N2C(=S)N[C@@H](c3ccccn3)[C@@H]2c2ccc(-c3ccc(F)cc3)o2)cc1OC. The number of ether oxygens (including phenoxy) is 1. The second-order valence-corrected chi connectivity index (χ2v) is 8.88. The number of aromatic nitrogens is 1. The number of nitrogens with one attached hydrogen (secondary N) is 2. The smallest absolute Gasteiger partial charge is 0.224 e. The number of carbonyl (C=O) groups is 1. The van der Waals surface area contributed by atoms with Crippen LogP contribution in [0, 0.1) is 5.82 Å². The molecule has 9 heteroatoms. The van der Waals surface area contributed by atoms with Gasteiger partial charge in [0.25, 0.3) is 0 Å². The molecule has 188 valence electrons. The van der Waals surface area contributed by atoms with Crippen molar-refractivity contribution in [2.24, 2.45) is 0 Å². The van der Waals surface area contributed by atoms with Crippen molar-refractivity contribution in [3.63, 3.8) is 0 Å². The van der Waals surface area contributed by atoms with E-state index in [1.54, 1.807) is 38.4 Å². The Morgan fingerprint density at radius 1 is 1.16 bits per heavy atom. The molecule has 2 aromatic carbocycles. The third-order valence-corrected chi connectivity index (χ3v) is 6.52. The molecule has 0 spiro atoms. The monoisotopic (exact) mass is 516 g/mol. The molecule has 2 atom stereocenters. The number of benzene rings is 2. The Bertz CT molecular complexity index is 1430. The lowest BCUT2D eigenvalue weighted by atomic mass is 10.0. The van der Waals surface area contributed by atoms with Crippen LogP contribution in [0.3, 0.4) is 0 Å². The molecular weight excluding hydrogens is 491 g/mol. The van der Waals surface area contributed by atoms with Gasteiger partial charge in [-0.25, -0.2) is 4.39 Å². The van der Waals surface area contributed by atoms with E-state index in [-0.39, 0.29) is 23.8 Å². The van der Waals surface area contributed by atoms with Gasteiger partial charge in [0.1, 0.15) is 29.1 Å². The first kappa shape index (κ1) is 24.5. The molecule has 0 unspecified atom stereocenters. The van der Waals surface area contributed by atoms with Gasteiger partial charge in [-0.05, 0) is 72.9 Å². The average Bonchev–Trinajstić information content (AvgIpc) is 3.54. The van der Waals surface area contributed by atoms with E-state index in [0.29, 0.717) is 34.5 Å². The standard InChI is InChI=1S/C28H25FN4O3S/c1-3-25(34)31-20-12-11-19(16-24(20)35-2)33-27(26(32-28(33)37)21-6-4-5-15-30-21)23-14-13-22(36-23)17-7-9-18(29)10-8-17/h4-16,26-27H,3H2,1-2H3,(H,31,34)(H,32,37)/t26-,27-/m0/s1. The number of hydrogen-bond donors (Lipinski definition) is 2. The predicted molar refractivity (Wildman–Crippen MR) is 144 cm³/mol. The Labute approximate surface area is 219 Å². The Hall–Kier alpha value is -4.24. The van der Waals surface area contributed by atoms with Crippen LogP contribution in [-0.4, -0.2) is 23.1 Å². The second kappa shape index (κ2) is 10.4. The molecule has 1 fully saturated rings. The minimum Gasteiger partial charge on any atom is -0.494 e. The van der Waals surface area contributed by atoms with Gasteiger partial charge in [-0.15, -0.1) is 0 Å². The molecule has 1 saturated heterocycles. The maximum absolute atomic E-state index is 13.5. The van der Waals surface area contributed by atoms with Crippen LogP contribution in [0.15, 0.2) is 83.4 Å². The molecule has 3 heterocycles. The van der Waals surface area contributed by atoms with Crippen LogP contribution in [0.1, 0.15) is 36.9 Å². The van der Waals surface area contributed by atoms with Crippen LogP contribution in [-0.2, 0) is 4.79 Å². The molecule has 2 aromatic heterocycles. The van der Waals surface area contributed by atoms with Crippen molar-refractivity contribution in [3.8, 4) is 17.1 Å². The summed E-state index contributed by atoms with van der Waals surface area (Å²) in [7, 11) is 1.55. The summed E-state index contributed by atoms with van der Waals surface area (Å²) in [5.41, 5.74) is 2.90. The fourth-order valence-electron chi connectivity index (χ4n) is 4.37. The van der Waals surface area contributed by atoms with Crippen molar-refractivity contribution in [2.45, 2.75) is 25.4 Å². The summed E-state index contributed by atoms with van der Waals surface area (Å²) < 4.78 is 25.3. The van der Waals surface area contributed by atoms with Crippen molar-refractivity contribution < 1.29 is 18.3 Å². The van der Waals surface area contributed by atoms with Gasteiger partial charge in [0.05, 0.1) is 24.5 Å². The van der Waals surface area contributed by atoms with Crippen molar-refractivity contribution in [2.75, 3.05) is 17.3 Å². The van der Waals surface area contributed by atoms with Gasteiger partial charge < -0.3 is 24.7 Å². The Morgan fingerprint density at radius 2 is 1.97 bits per heavy atom. The summed E-state index contributed by atoms with van der Waals surface area (Å²) in [6, 6.07) is 20.5. The normalized spacial score (nSPS) is 16.9. The minimum atomic E-state index is -0.377. The highest BCUT2D eigenvalue weighted by atomic mass is 32.1. The summed E-state index contributed by atoms with van der Waals surface area (Å²) in [6.07, 6.45) is 2.09. The van der Waals surface area contributed by atoms with E-state index in [9.17, 15) is 9.18 Å². The summed E-state index contributed by atoms with van der Waals surface area (Å²) >= 11 is 5.79. The van der Waals surface area contributed by atoms with Gasteiger partial charge in [0, 0.05) is 29.9 Å². The van der Waals surface area contributed by atoms with Crippen molar-refractivity contribution in [1.82, 2.24) is 10.3 Å². The van der Waals surface area contributed by atoms with Crippen LogP contribution in [0.25, 0.3) is 11.3 Å². The minimum absolute atomic E-state index is 0.110. The fraction of sp³-hybridized carbons (Fsp3) is 0.179. The van der Waals surface area contributed by atoms with Crippen LogP contribution < -0.4 is 20.3 Å². The van der Waals surface area contributed by atoms with Crippen LogP contribution >= 0.6 is 12.2 Å². The predicted octanol–water partition coefficient (Wildman–Crippen LogP) is 6.01. The van der Waals surface area contributed by atoms with E-state index in [1.165, 1.54) is 12.1 Å². The zero-order valence-corrected chi connectivity index (χ0v) is 21.1. The third kappa shape index (κ3) is 4.90. The number of hydrogen-bond acceptors (Lipinski definition) is 5. The molecule has 0 aliphatic carbocycles. The molecule has 1 amide bonds. The summed E-state index contributed by atoms with van der Waals surface area (Å²) in [4.78, 5) is 18.5. The number of anilines is 2. The van der Waals surface area contributed by atoms with E-state index < -0.39 is 0 Å². The van der Waals surface area contributed by atoms with Gasteiger partial charge >= 0.3 is 0 Å². The van der Waals surface area contributed by atoms with Crippen LogP contribution in [0.2, 0.25) is 0 Å². The molecular formula is C28H25FN4O3S. The zero-order valence-electron chi connectivity index (χ0n) is 20.3. The molecule has 5 rings (SSSR count). The van der Waals surface area contributed by atoms with E-state index in [0.717, 1.165) is 16.9 Å². The highest BCUT2D eigenvalue weighted by molar-refractivity contribution is 7.80.